The average Bonchev–Trinajstić information content (AvgIpc) is 3.61. The average molecular weight is 442 g/mol. The molecule has 33 heavy (non-hydrogen) atoms. The van der Waals surface area contributed by atoms with Gasteiger partial charge in [-0.15, -0.1) is 0 Å². The molecule has 0 radical (unpaired) electrons. The summed E-state index contributed by atoms with van der Waals surface area (Å²) in [5.74, 6) is -2.93. The van der Waals surface area contributed by atoms with Gasteiger partial charge in [0.05, 0.1) is 19.4 Å². The largest absolute Gasteiger partial charge is 0.496 e. The Morgan fingerprint density at radius 2 is 1.76 bits per heavy atom. The zero-order valence-corrected chi connectivity index (χ0v) is 17.5. The molecule has 3 heterocycles. The number of para-hydroxylation sites is 1. The van der Waals surface area contributed by atoms with Gasteiger partial charge in [-0.2, -0.15) is 0 Å². The lowest BCUT2D eigenvalue weighted by atomic mass is 9.87. The second-order valence-corrected chi connectivity index (χ2v) is 7.48. The van der Waals surface area contributed by atoms with Gasteiger partial charge >= 0.3 is 0 Å². The van der Waals surface area contributed by atoms with E-state index in [4.69, 9.17) is 13.7 Å². The van der Waals surface area contributed by atoms with E-state index in [2.05, 4.69) is 5.16 Å². The Hall–Kier alpha value is -4.46. The first kappa shape index (κ1) is 20.4. The smallest absolute Gasteiger partial charge is 0.295 e. The van der Waals surface area contributed by atoms with E-state index in [-0.39, 0.29) is 5.76 Å². The molecule has 0 aliphatic carbocycles. The number of hydrogen-bond acceptors (Lipinski definition) is 7. The van der Waals surface area contributed by atoms with Gasteiger partial charge in [0.1, 0.15) is 23.6 Å². The fourth-order valence-electron chi connectivity index (χ4n) is 4.17. The van der Waals surface area contributed by atoms with E-state index in [1.165, 1.54) is 30.6 Å². The van der Waals surface area contributed by atoms with Crippen LogP contribution in [0.15, 0.2) is 88.2 Å². The molecule has 1 amide bonds. The third-order valence-electron chi connectivity index (χ3n) is 5.69. The number of hydrogen-bond donors (Lipinski definition) is 0. The first-order valence-electron chi connectivity index (χ1n) is 10.2. The highest BCUT2D eigenvalue weighted by atomic mass is 16.5. The molecule has 0 spiro atoms. The van der Waals surface area contributed by atoms with Crippen LogP contribution in [0.25, 0.3) is 11.3 Å². The summed E-state index contributed by atoms with van der Waals surface area (Å²) in [6, 6.07) is 17.8. The molecular weight excluding hydrogens is 424 g/mol. The van der Waals surface area contributed by atoms with E-state index in [9.17, 15) is 14.4 Å². The lowest BCUT2D eigenvalue weighted by Gasteiger charge is -2.28. The number of aromatic nitrogens is 1. The van der Waals surface area contributed by atoms with Gasteiger partial charge in [0.2, 0.25) is 11.6 Å². The number of amides is 1. The number of ketones is 2. The minimum atomic E-state index is -1.28. The summed E-state index contributed by atoms with van der Waals surface area (Å²) in [6.07, 6.45) is 2.82. The van der Waals surface area contributed by atoms with Crippen molar-refractivity contribution in [1.82, 2.24) is 5.16 Å². The zero-order chi connectivity index (χ0) is 22.9. The molecule has 2 unspecified atom stereocenters. The van der Waals surface area contributed by atoms with Crippen LogP contribution in [-0.4, -0.2) is 29.7 Å². The second kappa shape index (κ2) is 8.23. The van der Waals surface area contributed by atoms with Crippen molar-refractivity contribution in [3.05, 3.63) is 90.6 Å². The lowest BCUT2D eigenvalue weighted by Crippen LogP contribution is -2.30. The second-order valence-electron chi connectivity index (χ2n) is 7.48. The molecule has 2 atom stereocenters. The van der Waals surface area contributed by atoms with Crippen LogP contribution in [0.3, 0.4) is 0 Å². The van der Waals surface area contributed by atoms with Crippen molar-refractivity contribution in [2.45, 2.75) is 6.04 Å². The highest BCUT2D eigenvalue weighted by molar-refractivity contribution is 6.48. The van der Waals surface area contributed by atoms with Gasteiger partial charge in [0, 0.05) is 22.9 Å². The van der Waals surface area contributed by atoms with Crippen LogP contribution >= 0.6 is 0 Å². The summed E-state index contributed by atoms with van der Waals surface area (Å²) >= 11 is 0. The van der Waals surface area contributed by atoms with Crippen molar-refractivity contribution in [2.24, 2.45) is 5.92 Å². The quantitative estimate of drug-likeness (QED) is 0.252. The fourth-order valence-corrected chi connectivity index (χ4v) is 4.17. The third-order valence-corrected chi connectivity index (χ3v) is 5.69. The molecule has 164 valence electrons. The third kappa shape index (κ3) is 3.41. The number of furan rings is 1. The fraction of sp³-hybridized carbons (Fsp3) is 0.120. The van der Waals surface area contributed by atoms with Crippen LogP contribution in [0.5, 0.6) is 5.75 Å². The first-order valence-corrected chi connectivity index (χ1v) is 10.2. The summed E-state index contributed by atoms with van der Waals surface area (Å²) in [6.45, 7) is 0. The predicted octanol–water partition coefficient (Wildman–Crippen LogP) is 4.10. The maximum absolute atomic E-state index is 13.3. The number of Topliss-reactive ketones (excluding diaryl/α,β-unsaturated/α-hetero) is 2. The van der Waals surface area contributed by atoms with Gasteiger partial charge in [-0.3, -0.25) is 19.3 Å². The SMILES string of the molecule is COc1ccccc1C1C(C(=O)c2ccco2)C(=O)C(=O)N1c1ccc(-c2ccon2)cc1. The van der Waals surface area contributed by atoms with Gasteiger partial charge in [-0.1, -0.05) is 35.5 Å². The highest BCUT2D eigenvalue weighted by Gasteiger charge is 2.53. The minimum absolute atomic E-state index is 0.0179. The van der Waals surface area contributed by atoms with E-state index < -0.39 is 29.4 Å². The molecule has 4 aromatic rings. The monoisotopic (exact) mass is 442 g/mol. The molecule has 1 fully saturated rings. The van der Waals surface area contributed by atoms with Crippen molar-refractivity contribution < 1.29 is 28.1 Å². The predicted molar refractivity (Wildman–Crippen MR) is 117 cm³/mol. The van der Waals surface area contributed by atoms with Crippen LogP contribution in [0.4, 0.5) is 5.69 Å². The van der Waals surface area contributed by atoms with E-state index >= 15 is 0 Å². The molecule has 0 saturated carbocycles. The molecule has 0 bridgehead atoms. The topological polar surface area (TPSA) is 103 Å². The van der Waals surface area contributed by atoms with Gasteiger partial charge in [-0.05, 0) is 30.3 Å². The molecular formula is C25H18N2O6. The Balaban J connectivity index is 1.63. The lowest BCUT2D eigenvalue weighted by molar-refractivity contribution is -0.135. The molecule has 8 nitrogen and oxygen atoms in total. The Bertz CT molecular complexity index is 1310. The molecule has 1 saturated heterocycles. The van der Waals surface area contributed by atoms with E-state index in [0.29, 0.717) is 22.7 Å². The van der Waals surface area contributed by atoms with Crippen molar-refractivity contribution >= 4 is 23.2 Å². The van der Waals surface area contributed by atoms with E-state index in [1.54, 1.807) is 60.7 Å². The van der Waals surface area contributed by atoms with Crippen molar-refractivity contribution in [3.8, 4) is 17.0 Å². The molecule has 0 N–H and O–H groups in total. The van der Waals surface area contributed by atoms with E-state index in [1.807, 2.05) is 0 Å². The molecule has 5 rings (SSSR count). The minimum Gasteiger partial charge on any atom is -0.496 e. The maximum atomic E-state index is 13.3. The number of ether oxygens (including phenoxy) is 1. The highest BCUT2D eigenvalue weighted by Crippen LogP contribution is 2.44. The van der Waals surface area contributed by atoms with Crippen molar-refractivity contribution in [3.63, 3.8) is 0 Å². The molecule has 2 aromatic heterocycles. The van der Waals surface area contributed by atoms with Gasteiger partial charge in [0.15, 0.2) is 5.76 Å². The Labute approximate surface area is 188 Å². The molecule has 1 aliphatic heterocycles. The van der Waals surface area contributed by atoms with Gasteiger partial charge < -0.3 is 13.7 Å². The number of methoxy groups -OCH3 is 1. The van der Waals surface area contributed by atoms with Gasteiger partial charge in [0.25, 0.3) is 5.91 Å². The van der Waals surface area contributed by atoms with E-state index in [0.717, 1.165) is 5.56 Å². The number of anilines is 1. The van der Waals surface area contributed by atoms with Crippen LogP contribution < -0.4 is 9.64 Å². The van der Waals surface area contributed by atoms with Crippen molar-refractivity contribution in [1.29, 1.82) is 0 Å². The number of benzene rings is 2. The summed E-state index contributed by atoms with van der Waals surface area (Å²) in [7, 11) is 1.50. The number of carbonyl (C=O) groups is 3. The van der Waals surface area contributed by atoms with Crippen LogP contribution in [0.1, 0.15) is 22.2 Å². The standard InChI is InChI=1S/C25H18N2O6/c1-31-19-6-3-2-5-17(19)22-21(23(28)20-7-4-13-32-20)24(29)25(30)27(22)16-10-8-15(9-11-16)18-12-14-33-26-18/h2-14,21-22H,1H3. The molecule has 1 aliphatic rings. The van der Waals surface area contributed by atoms with Crippen LogP contribution in [0.2, 0.25) is 0 Å². The summed E-state index contributed by atoms with van der Waals surface area (Å²) < 4.78 is 15.6. The number of nitrogens with zero attached hydrogens (tertiary/aromatic N) is 2. The number of carbonyl (C=O) groups excluding carboxylic acids is 3. The van der Waals surface area contributed by atoms with Gasteiger partial charge in [-0.25, -0.2) is 0 Å². The first-order chi connectivity index (χ1) is 16.1. The Morgan fingerprint density at radius 1 is 0.970 bits per heavy atom. The molecule has 8 heteroatoms. The van der Waals surface area contributed by atoms with Crippen LogP contribution in [0, 0.1) is 5.92 Å². The maximum Gasteiger partial charge on any atom is 0.295 e. The number of rotatable bonds is 6. The van der Waals surface area contributed by atoms with Crippen LogP contribution in [-0.2, 0) is 9.59 Å². The van der Waals surface area contributed by atoms with Crippen molar-refractivity contribution in [2.75, 3.05) is 12.0 Å². The summed E-state index contributed by atoms with van der Waals surface area (Å²) in [4.78, 5) is 41.0. The zero-order valence-electron chi connectivity index (χ0n) is 17.5. The normalized spacial score (nSPS) is 18.0. The summed E-state index contributed by atoms with van der Waals surface area (Å²) in [5, 5.41) is 3.91. The Morgan fingerprint density at radius 3 is 2.42 bits per heavy atom. The Kier molecular flexibility index (Phi) is 5.10. The summed E-state index contributed by atoms with van der Waals surface area (Å²) in [5.41, 5.74) is 2.43. The molecule has 2 aromatic carbocycles.